The molecule has 0 unspecified atom stereocenters. The summed E-state index contributed by atoms with van der Waals surface area (Å²) in [5.74, 6) is 0.251. The first-order valence-electron chi connectivity index (χ1n) is 11.4. The number of rotatable bonds is 4. The van der Waals surface area contributed by atoms with Crippen LogP contribution in [-0.2, 0) is 13.0 Å². The van der Waals surface area contributed by atoms with E-state index in [2.05, 4.69) is 23.7 Å². The second-order valence-corrected chi connectivity index (χ2v) is 9.89. The number of para-hydroxylation sites is 1. The number of nitrogens with zero attached hydrogens (tertiary/aromatic N) is 2. The quantitative estimate of drug-likeness (QED) is 0.409. The second kappa shape index (κ2) is 8.34. The topological polar surface area (TPSA) is 66.6 Å². The lowest BCUT2D eigenvalue weighted by Crippen LogP contribution is -2.43. The molecule has 1 N–H and O–H groups in total. The van der Waals surface area contributed by atoms with E-state index in [1.54, 1.807) is 6.07 Å². The van der Waals surface area contributed by atoms with Crippen molar-refractivity contribution in [2.24, 2.45) is 0 Å². The first-order chi connectivity index (χ1) is 15.5. The van der Waals surface area contributed by atoms with E-state index in [0.29, 0.717) is 52.2 Å². The molecule has 0 saturated carbocycles. The highest BCUT2D eigenvalue weighted by atomic mass is 32.1. The van der Waals surface area contributed by atoms with Crippen molar-refractivity contribution < 1.29 is 9.52 Å². The van der Waals surface area contributed by atoms with E-state index in [9.17, 15) is 9.90 Å². The van der Waals surface area contributed by atoms with Gasteiger partial charge in [-0.3, -0.25) is 9.69 Å². The molecule has 2 aromatic carbocycles. The number of piperidine rings is 1. The molecule has 5 rings (SSSR count). The molecule has 4 aromatic rings. The highest BCUT2D eigenvalue weighted by Crippen LogP contribution is 2.36. The van der Waals surface area contributed by atoms with Crippen LogP contribution in [0.1, 0.15) is 51.2 Å². The highest BCUT2D eigenvalue weighted by molar-refractivity contribution is 7.21. The number of hydrogen-bond donors (Lipinski definition) is 1. The van der Waals surface area contributed by atoms with Crippen molar-refractivity contribution >= 4 is 32.5 Å². The van der Waals surface area contributed by atoms with Crippen LogP contribution in [0.2, 0.25) is 0 Å². The lowest BCUT2D eigenvalue weighted by atomic mass is 9.95. The van der Waals surface area contributed by atoms with Crippen LogP contribution in [0.15, 0.2) is 45.8 Å². The van der Waals surface area contributed by atoms with E-state index in [1.807, 2.05) is 31.2 Å². The van der Waals surface area contributed by atoms with E-state index in [4.69, 9.17) is 4.42 Å². The Balaban J connectivity index is 1.67. The smallest absolute Gasteiger partial charge is 0.202 e. The molecule has 0 spiro atoms. The van der Waals surface area contributed by atoms with Crippen LogP contribution in [0.25, 0.3) is 31.8 Å². The van der Waals surface area contributed by atoms with Crippen LogP contribution in [-0.4, -0.2) is 27.1 Å². The zero-order chi connectivity index (χ0) is 22.4. The number of aromatic hydroxyl groups is 1. The van der Waals surface area contributed by atoms with Gasteiger partial charge in [-0.15, -0.1) is 11.3 Å². The van der Waals surface area contributed by atoms with Gasteiger partial charge in [-0.2, -0.15) is 0 Å². The predicted molar refractivity (Wildman–Crippen MR) is 130 cm³/mol. The van der Waals surface area contributed by atoms with Crippen LogP contribution >= 0.6 is 11.3 Å². The molecule has 1 fully saturated rings. The first kappa shape index (κ1) is 21.2. The fourth-order valence-corrected chi connectivity index (χ4v) is 5.88. The summed E-state index contributed by atoms with van der Waals surface area (Å²) in [4.78, 5) is 20.6. The molecule has 166 valence electrons. The maximum atomic E-state index is 13.6. The standard InChI is InChI=1S/C26H28N2O3S/c1-4-17-12-18-24(30)20(26-27-21-10-5-6-11-22(21)32-26)14-31-25(18)19(23(17)29)13-28-15(2)8-7-9-16(28)3/h5-6,10-12,14-16,29H,4,7-9,13H2,1-3H3/t15-,16-/m1/s1. The van der Waals surface area contributed by atoms with Gasteiger partial charge in [0.05, 0.1) is 26.7 Å². The van der Waals surface area contributed by atoms with E-state index >= 15 is 0 Å². The molecule has 1 aliphatic heterocycles. The first-order valence-corrected chi connectivity index (χ1v) is 12.2. The van der Waals surface area contributed by atoms with Gasteiger partial charge >= 0.3 is 0 Å². The van der Waals surface area contributed by atoms with Crippen LogP contribution in [0.4, 0.5) is 0 Å². The van der Waals surface area contributed by atoms with Crippen molar-refractivity contribution in [1.29, 1.82) is 0 Å². The SMILES string of the molecule is CCc1cc2c(=O)c(-c3nc4ccccc4s3)coc2c(CN2[C@H](C)CCC[C@H]2C)c1O. The summed E-state index contributed by atoms with van der Waals surface area (Å²) in [7, 11) is 0. The summed E-state index contributed by atoms with van der Waals surface area (Å²) in [5, 5.41) is 12.2. The zero-order valence-corrected chi connectivity index (χ0v) is 19.5. The molecule has 2 atom stereocenters. The predicted octanol–water partition coefficient (Wildman–Crippen LogP) is 6.10. The van der Waals surface area contributed by atoms with E-state index in [-0.39, 0.29) is 11.2 Å². The Kier molecular flexibility index (Phi) is 5.51. The Morgan fingerprint density at radius 3 is 2.69 bits per heavy atom. The minimum atomic E-state index is -0.0963. The zero-order valence-electron chi connectivity index (χ0n) is 18.7. The Morgan fingerprint density at radius 1 is 1.22 bits per heavy atom. The van der Waals surface area contributed by atoms with Crippen molar-refractivity contribution in [2.45, 2.75) is 65.1 Å². The van der Waals surface area contributed by atoms with Gasteiger partial charge < -0.3 is 9.52 Å². The largest absolute Gasteiger partial charge is 0.507 e. The summed E-state index contributed by atoms with van der Waals surface area (Å²) in [6.45, 7) is 7.04. The molecule has 6 heteroatoms. The third kappa shape index (κ3) is 3.51. The van der Waals surface area contributed by atoms with Crippen molar-refractivity contribution in [3.63, 3.8) is 0 Å². The molecule has 0 aliphatic carbocycles. The highest BCUT2D eigenvalue weighted by Gasteiger charge is 2.28. The number of fused-ring (bicyclic) bond motifs is 2. The monoisotopic (exact) mass is 448 g/mol. The second-order valence-electron chi connectivity index (χ2n) is 8.86. The van der Waals surface area contributed by atoms with Gasteiger partial charge in [-0.1, -0.05) is 25.5 Å². The summed E-state index contributed by atoms with van der Waals surface area (Å²) >= 11 is 1.49. The number of thiazole rings is 1. The van der Waals surface area contributed by atoms with Crippen LogP contribution in [0.5, 0.6) is 5.75 Å². The molecule has 0 radical (unpaired) electrons. The molecule has 32 heavy (non-hydrogen) atoms. The maximum Gasteiger partial charge on any atom is 0.202 e. The molecule has 0 amide bonds. The maximum absolute atomic E-state index is 13.6. The van der Waals surface area contributed by atoms with E-state index < -0.39 is 0 Å². The Hall–Kier alpha value is -2.70. The number of hydrogen-bond acceptors (Lipinski definition) is 6. The molecule has 5 nitrogen and oxygen atoms in total. The van der Waals surface area contributed by atoms with Gasteiger partial charge in [-0.05, 0) is 56.9 Å². The Morgan fingerprint density at radius 2 is 1.97 bits per heavy atom. The number of phenolic OH excluding ortho intramolecular Hbond substituents is 1. The number of aryl methyl sites for hydroxylation is 1. The molecule has 1 aliphatic rings. The number of likely N-dealkylation sites (tertiary alicyclic amines) is 1. The molecule has 1 saturated heterocycles. The molecule has 3 heterocycles. The van der Waals surface area contributed by atoms with Gasteiger partial charge in [0.15, 0.2) is 0 Å². The van der Waals surface area contributed by atoms with Crippen molar-refractivity contribution in [3.05, 3.63) is 57.9 Å². The lowest BCUT2D eigenvalue weighted by molar-refractivity contribution is 0.0945. The van der Waals surface area contributed by atoms with Crippen LogP contribution in [0.3, 0.4) is 0 Å². The Bertz CT molecular complexity index is 1310. The summed E-state index contributed by atoms with van der Waals surface area (Å²) < 4.78 is 7.12. The van der Waals surface area contributed by atoms with Crippen molar-refractivity contribution in [2.75, 3.05) is 0 Å². The van der Waals surface area contributed by atoms with Crippen LogP contribution < -0.4 is 5.43 Å². The lowest BCUT2D eigenvalue weighted by Gasteiger charge is -2.39. The molecule has 2 aromatic heterocycles. The molecular weight excluding hydrogens is 420 g/mol. The van der Waals surface area contributed by atoms with Gasteiger partial charge in [0.2, 0.25) is 5.43 Å². The minimum Gasteiger partial charge on any atom is -0.507 e. The number of aromatic nitrogens is 1. The van der Waals surface area contributed by atoms with Crippen LogP contribution in [0, 0.1) is 0 Å². The van der Waals surface area contributed by atoms with E-state index in [1.165, 1.54) is 24.0 Å². The fourth-order valence-electron chi connectivity index (χ4n) is 4.91. The third-order valence-electron chi connectivity index (χ3n) is 6.83. The minimum absolute atomic E-state index is 0.0963. The van der Waals surface area contributed by atoms with Crippen molar-refractivity contribution in [1.82, 2.24) is 9.88 Å². The van der Waals surface area contributed by atoms with Crippen molar-refractivity contribution in [3.8, 4) is 16.3 Å². The normalized spacial score (nSPS) is 19.7. The molecule has 0 bridgehead atoms. The summed E-state index contributed by atoms with van der Waals surface area (Å²) in [6, 6.07) is 10.5. The third-order valence-corrected chi connectivity index (χ3v) is 7.90. The number of benzene rings is 2. The van der Waals surface area contributed by atoms with Gasteiger partial charge in [-0.25, -0.2) is 4.98 Å². The fraction of sp³-hybridized carbons (Fsp3) is 0.385. The number of phenols is 1. The summed E-state index contributed by atoms with van der Waals surface area (Å²) in [5.41, 5.74) is 3.23. The average molecular weight is 449 g/mol. The van der Waals surface area contributed by atoms with E-state index in [0.717, 1.165) is 28.6 Å². The summed E-state index contributed by atoms with van der Waals surface area (Å²) in [6.07, 6.45) is 5.66. The van der Waals surface area contributed by atoms with Gasteiger partial charge in [0.25, 0.3) is 0 Å². The average Bonchev–Trinajstić information content (AvgIpc) is 3.21. The Labute approximate surface area is 191 Å². The molecular formula is C26H28N2O3S. The van der Waals surface area contributed by atoms with Gasteiger partial charge in [0, 0.05) is 18.6 Å². The van der Waals surface area contributed by atoms with Gasteiger partial charge in [0.1, 0.15) is 22.6 Å².